The van der Waals surface area contributed by atoms with Crippen LogP contribution in [-0.4, -0.2) is 24.6 Å². The minimum absolute atomic E-state index is 0.0138. The molecule has 0 spiro atoms. The van der Waals surface area contributed by atoms with E-state index in [1.54, 1.807) is 12.1 Å². The number of non-ortho nitro benzene ring substituents is 1. The Bertz CT molecular complexity index is 1010. The molecule has 2 aromatic heterocycles. The molecular weight excluding hydrogens is 324 g/mol. The Labute approximate surface area is 141 Å². The normalized spacial score (nSPS) is 15.0. The Morgan fingerprint density at radius 3 is 2.56 bits per heavy atom. The molecule has 4 rings (SSSR count). The fraction of sp³-hybridized carbons (Fsp3) is 0.294. The van der Waals surface area contributed by atoms with Gasteiger partial charge in [-0.1, -0.05) is 12.8 Å². The number of aromatic nitrogens is 3. The first kappa shape index (κ1) is 15.4. The number of H-pyrrole nitrogens is 1. The third-order valence-corrected chi connectivity index (χ3v) is 4.84. The minimum Gasteiger partial charge on any atom is -0.493 e. The summed E-state index contributed by atoms with van der Waals surface area (Å²) in [5, 5.41) is 25.5. The van der Waals surface area contributed by atoms with Gasteiger partial charge in [-0.3, -0.25) is 14.9 Å². The van der Waals surface area contributed by atoms with Gasteiger partial charge >= 0.3 is 0 Å². The molecule has 25 heavy (non-hydrogen) atoms. The van der Waals surface area contributed by atoms with Crippen molar-refractivity contribution in [2.45, 2.75) is 31.6 Å². The van der Waals surface area contributed by atoms with Gasteiger partial charge in [0.25, 0.3) is 11.2 Å². The maximum Gasteiger partial charge on any atom is 0.269 e. The van der Waals surface area contributed by atoms with Crippen LogP contribution < -0.4 is 5.56 Å². The molecule has 0 unspecified atom stereocenters. The van der Waals surface area contributed by atoms with Gasteiger partial charge in [0.15, 0.2) is 0 Å². The second kappa shape index (κ2) is 5.73. The van der Waals surface area contributed by atoms with Crippen molar-refractivity contribution in [3.05, 3.63) is 56.5 Å². The lowest BCUT2D eigenvalue weighted by Crippen LogP contribution is -2.18. The summed E-state index contributed by atoms with van der Waals surface area (Å²) in [4.78, 5) is 25.6. The summed E-state index contributed by atoms with van der Waals surface area (Å²) >= 11 is 0. The molecule has 0 saturated heterocycles. The lowest BCUT2D eigenvalue weighted by molar-refractivity contribution is -0.384. The van der Waals surface area contributed by atoms with Crippen molar-refractivity contribution in [2.24, 2.45) is 0 Å². The zero-order valence-electron chi connectivity index (χ0n) is 13.3. The number of nitrogens with zero attached hydrogens (tertiary/aromatic N) is 3. The number of aromatic amines is 1. The van der Waals surface area contributed by atoms with E-state index in [0.717, 1.165) is 25.7 Å². The summed E-state index contributed by atoms with van der Waals surface area (Å²) in [6.45, 7) is 0. The molecule has 1 fully saturated rings. The van der Waals surface area contributed by atoms with Crippen molar-refractivity contribution < 1.29 is 10.0 Å². The van der Waals surface area contributed by atoms with Crippen LogP contribution in [0.4, 0.5) is 5.69 Å². The summed E-state index contributed by atoms with van der Waals surface area (Å²) in [5.74, 6) is -0.0704. The quantitative estimate of drug-likeness (QED) is 0.562. The highest BCUT2D eigenvalue weighted by Gasteiger charge is 2.26. The first-order valence-corrected chi connectivity index (χ1v) is 8.14. The number of fused-ring (bicyclic) bond motifs is 1. The van der Waals surface area contributed by atoms with E-state index in [9.17, 15) is 20.0 Å². The van der Waals surface area contributed by atoms with Gasteiger partial charge in [-0.15, -0.1) is 0 Å². The Hall–Kier alpha value is -3.16. The second-order valence-corrected chi connectivity index (χ2v) is 6.30. The van der Waals surface area contributed by atoms with Crippen molar-refractivity contribution in [2.75, 3.05) is 0 Å². The monoisotopic (exact) mass is 340 g/mol. The number of aromatic hydroxyl groups is 1. The number of nitro groups is 1. The van der Waals surface area contributed by atoms with E-state index in [1.807, 2.05) is 0 Å². The molecule has 128 valence electrons. The van der Waals surface area contributed by atoms with Crippen molar-refractivity contribution in [1.82, 2.24) is 14.6 Å². The number of hydrogen-bond donors (Lipinski definition) is 2. The van der Waals surface area contributed by atoms with Gasteiger partial charge in [0.1, 0.15) is 5.65 Å². The molecule has 2 N–H and O–H groups in total. The van der Waals surface area contributed by atoms with E-state index in [0.29, 0.717) is 22.3 Å². The van der Waals surface area contributed by atoms with E-state index < -0.39 is 4.92 Å². The van der Waals surface area contributed by atoms with Crippen molar-refractivity contribution >= 4 is 11.3 Å². The first-order valence-electron chi connectivity index (χ1n) is 8.14. The number of hydrogen-bond acceptors (Lipinski definition) is 5. The molecule has 1 aliphatic rings. The Morgan fingerprint density at radius 1 is 1.24 bits per heavy atom. The smallest absolute Gasteiger partial charge is 0.269 e. The van der Waals surface area contributed by atoms with E-state index in [-0.39, 0.29) is 23.0 Å². The second-order valence-electron chi connectivity index (χ2n) is 6.30. The van der Waals surface area contributed by atoms with Crippen LogP contribution >= 0.6 is 0 Å². The Morgan fingerprint density at radius 2 is 1.92 bits per heavy atom. The standard InChI is InChI=1S/C17H16N4O4/c22-16-14(11-3-1-2-4-11)17(23)20-15(19-16)13(9-18-20)10-5-7-12(8-6-10)21(24)25/h5-9,11,23H,1-4H2,(H,19,22). The molecule has 0 radical (unpaired) electrons. The van der Waals surface area contributed by atoms with Crippen molar-refractivity contribution in [3.8, 4) is 17.0 Å². The lowest BCUT2D eigenvalue weighted by atomic mass is 10.00. The lowest BCUT2D eigenvalue weighted by Gasteiger charge is -2.11. The predicted octanol–water partition coefficient (Wildman–Crippen LogP) is 2.96. The number of rotatable bonds is 3. The highest BCUT2D eigenvalue weighted by atomic mass is 16.6. The van der Waals surface area contributed by atoms with Crippen molar-refractivity contribution in [3.63, 3.8) is 0 Å². The van der Waals surface area contributed by atoms with E-state index in [2.05, 4.69) is 10.1 Å². The summed E-state index contributed by atoms with van der Waals surface area (Å²) in [6.07, 6.45) is 5.41. The van der Waals surface area contributed by atoms with Gasteiger partial charge in [-0.25, -0.2) is 0 Å². The van der Waals surface area contributed by atoms with Gasteiger partial charge in [0.2, 0.25) is 5.88 Å². The van der Waals surface area contributed by atoms with Crippen LogP contribution in [0.5, 0.6) is 5.88 Å². The highest BCUT2D eigenvalue weighted by Crippen LogP contribution is 2.37. The average molecular weight is 340 g/mol. The third-order valence-electron chi connectivity index (χ3n) is 4.84. The first-order chi connectivity index (χ1) is 12.1. The van der Waals surface area contributed by atoms with Gasteiger partial charge < -0.3 is 10.1 Å². The fourth-order valence-electron chi connectivity index (χ4n) is 3.58. The van der Waals surface area contributed by atoms with Crippen LogP contribution in [-0.2, 0) is 0 Å². The van der Waals surface area contributed by atoms with E-state index in [1.165, 1.54) is 22.8 Å². The van der Waals surface area contributed by atoms with Crippen LogP contribution in [0.15, 0.2) is 35.3 Å². The molecule has 0 amide bonds. The summed E-state index contributed by atoms with van der Waals surface area (Å²) in [6, 6.07) is 5.97. The summed E-state index contributed by atoms with van der Waals surface area (Å²) < 4.78 is 1.33. The molecule has 0 bridgehead atoms. The van der Waals surface area contributed by atoms with Crippen LogP contribution in [0.25, 0.3) is 16.8 Å². The van der Waals surface area contributed by atoms with E-state index in [4.69, 9.17) is 0 Å². The van der Waals surface area contributed by atoms with E-state index >= 15 is 0 Å². The number of nitrogens with one attached hydrogen (secondary N) is 1. The predicted molar refractivity (Wildman–Crippen MR) is 90.8 cm³/mol. The summed E-state index contributed by atoms with van der Waals surface area (Å²) in [7, 11) is 0. The molecule has 0 aliphatic heterocycles. The molecule has 1 saturated carbocycles. The number of benzene rings is 1. The van der Waals surface area contributed by atoms with Gasteiger partial charge in [0.05, 0.1) is 16.7 Å². The molecule has 1 aromatic carbocycles. The van der Waals surface area contributed by atoms with Crippen LogP contribution in [0.3, 0.4) is 0 Å². The Balaban J connectivity index is 1.84. The van der Waals surface area contributed by atoms with Gasteiger partial charge in [-0.05, 0) is 36.5 Å². The molecule has 8 nitrogen and oxygen atoms in total. The highest BCUT2D eigenvalue weighted by molar-refractivity contribution is 5.77. The topological polar surface area (TPSA) is 114 Å². The van der Waals surface area contributed by atoms with Gasteiger partial charge in [0, 0.05) is 17.7 Å². The minimum atomic E-state index is -0.471. The molecule has 2 heterocycles. The van der Waals surface area contributed by atoms with Crippen LogP contribution in [0.1, 0.15) is 37.2 Å². The molecule has 1 aliphatic carbocycles. The molecular formula is C17H16N4O4. The molecule has 0 atom stereocenters. The van der Waals surface area contributed by atoms with Gasteiger partial charge in [-0.2, -0.15) is 9.61 Å². The summed E-state index contributed by atoms with van der Waals surface area (Å²) in [5.41, 5.74) is 1.71. The van der Waals surface area contributed by atoms with Crippen molar-refractivity contribution in [1.29, 1.82) is 0 Å². The van der Waals surface area contributed by atoms with Crippen LogP contribution in [0, 0.1) is 10.1 Å². The Kier molecular flexibility index (Phi) is 3.52. The third kappa shape index (κ3) is 2.46. The largest absolute Gasteiger partial charge is 0.493 e. The maximum atomic E-state index is 12.5. The molecule has 3 aromatic rings. The fourth-order valence-corrected chi connectivity index (χ4v) is 3.58. The average Bonchev–Trinajstić information content (AvgIpc) is 3.25. The zero-order valence-corrected chi connectivity index (χ0v) is 13.3. The maximum absolute atomic E-state index is 12.5. The SMILES string of the molecule is O=c1[nH]c2c(-c3ccc([N+](=O)[O-])cc3)cnn2c(O)c1C1CCCC1. The van der Waals surface area contributed by atoms with Crippen LogP contribution in [0.2, 0.25) is 0 Å². The molecule has 8 heteroatoms. The number of nitro benzene ring substituents is 1. The zero-order chi connectivity index (χ0) is 17.6.